The second-order valence-corrected chi connectivity index (χ2v) is 11.9. The van der Waals surface area contributed by atoms with E-state index in [1.807, 2.05) is 96.1 Å². The highest BCUT2D eigenvalue weighted by molar-refractivity contribution is 5.90. The first kappa shape index (κ1) is 29.2. The molecule has 1 saturated carbocycles. The fourth-order valence-electron chi connectivity index (χ4n) is 5.04. The van der Waals surface area contributed by atoms with Crippen molar-refractivity contribution in [2.75, 3.05) is 7.11 Å². The maximum Gasteiger partial charge on any atom is 0.328 e. The van der Waals surface area contributed by atoms with Crippen molar-refractivity contribution in [1.29, 1.82) is 0 Å². The second kappa shape index (κ2) is 11.6. The van der Waals surface area contributed by atoms with Gasteiger partial charge in [-0.2, -0.15) is 0 Å². The highest BCUT2D eigenvalue weighted by Crippen LogP contribution is 2.56. The molecule has 38 heavy (non-hydrogen) atoms. The molecule has 2 aromatic rings. The van der Waals surface area contributed by atoms with Crippen molar-refractivity contribution < 1.29 is 28.6 Å². The first-order chi connectivity index (χ1) is 17.8. The average Bonchev–Trinajstić information content (AvgIpc) is 3.11. The van der Waals surface area contributed by atoms with Crippen LogP contribution in [0.3, 0.4) is 0 Å². The number of carbonyl (C=O) groups is 3. The third-order valence-electron chi connectivity index (χ3n) is 7.82. The van der Waals surface area contributed by atoms with Crippen LogP contribution < -0.4 is 10.1 Å². The maximum atomic E-state index is 13.6. The molecule has 3 atom stereocenters. The van der Waals surface area contributed by atoms with Crippen molar-refractivity contribution in [2.45, 2.75) is 79.1 Å². The van der Waals surface area contributed by atoms with Gasteiger partial charge >= 0.3 is 11.9 Å². The number of nitrogens with one attached hydrogen (secondary N) is 1. The molecule has 2 aromatic carbocycles. The number of ether oxygens (including phenoxy) is 3. The van der Waals surface area contributed by atoms with Gasteiger partial charge in [-0.15, -0.1) is 0 Å². The monoisotopic (exact) mass is 523 g/mol. The molecule has 7 heteroatoms. The van der Waals surface area contributed by atoms with Gasteiger partial charge in [-0.25, -0.2) is 4.79 Å². The number of amides is 1. The summed E-state index contributed by atoms with van der Waals surface area (Å²) in [5.41, 5.74) is -0.210. The van der Waals surface area contributed by atoms with Crippen LogP contribution in [-0.2, 0) is 36.9 Å². The van der Waals surface area contributed by atoms with Gasteiger partial charge in [-0.1, -0.05) is 63.2 Å². The Labute approximate surface area is 226 Å². The van der Waals surface area contributed by atoms with E-state index in [-0.39, 0.29) is 18.3 Å². The normalized spacial score (nSPS) is 21.3. The molecule has 1 aliphatic carbocycles. The maximum absolute atomic E-state index is 13.6. The van der Waals surface area contributed by atoms with E-state index in [0.29, 0.717) is 25.2 Å². The topological polar surface area (TPSA) is 90.9 Å². The van der Waals surface area contributed by atoms with Gasteiger partial charge in [0.2, 0.25) is 5.91 Å². The summed E-state index contributed by atoms with van der Waals surface area (Å²) >= 11 is 0. The zero-order chi connectivity index (χ0) is 28.1. The van der Waals surface area contributed by atoms with Gasteiger partial charge in [0.05, 0.1) is 18.4 Å². The second-order valence-electron chi connectivity index (χ2n) is 11.9. The van der Waals surface area contributed by atoms with Gasteiger partial charge in [-0.05, 0) is 62.3 Å². The van der Waals surface area contributed by atoms with Crippen molar-refractivity contribution in [3.63, 3.8) is 0 Å². The first-order valence-electron chi connectivity index (χ1n) is 13.1. The van der Waals surface area contributed by atoms with Gasteiger partial charge in [0, 0.05) is 6.42 Å². The van der Waals surface area contributed by atoms with E-state index in [9.17, 15) is 14.4 Å². The molecule has 3 rings (SSSR count). The number of hydrogen-bond donors (Lipinski definition) is 1. The molecule has 7 nitrogen and oxygen atoms in total. The van der Waals surface area contributed by atoms with Crippen LogP contribution in [0.25, 0.3) is 0 Å². The lowest BCUT2D eigenvalue weighted by atomic mass is 9.65. The van der Waals surface area contributed by atoms with Crippen LogP contribution in [0.4, 0.5) is 0 Å². The van der Waals surface area contributed by atoms with Crippen LogP contribution in [0.5, 0.6) is 5.75 Å². The smallest absolute Gasteiger partial charge is 0.328 e. The van der Waals surface area contributed by atoms with Gasteiger partial charge in [0.25, 0.3) is 0 Å². The molecular weight excluding hydrogens is 482 g/mol. The van der Waals surface area contributed by atoms with Gasteiger partial charge < -0.3 is 19.5 Å². The van der Waals surface area contributed by atoms with Crippen LogP contribution >= 0.6 is 0 Å². The number of methoxy groups -OCH3 is 1. The van der Waals surface area contributed by atoms with Crippen LogP contribution in [0.15, 0.2) is 54.6 Å². The molecule has 0 saturated heterocycles. The Balaban J connectivity index is 1.68. The Hall–Kier alpha value is -3.35. The average molecular weight is 524 g/mol. The molecular formula is C31H41NO6. The standard InChI is InChI=1S/C31H41NO6/c1-29(2,3)38-26(33)24-17-18-31(6,30(24,4)5)28(35)32-25(27(34)36-7)19-21-13-15-23(16-14-21)37-20-22-11-9-8-10-12-22/h8-16,24-25H,17-20H2,1-7H3,(H,32,35)/t24-,25+,31+/m1/s1. The zero-order valence-electron chi connectivity index (χ0n) is 23.6. The van der Waals surface area contributed by atoms with Crippen LogP contribution in [0, 0.1) is 16.7 Å². The van der Waals surface area contributed by atoms with Gasteiger partial charge in [-0.3, -0.25) is 9.59 Å². The minimum absolute atomic E-state index is 0.267. The predicted octanol–water partition coefficient (Wildman–Crippen LogP) is 5.25. The van der Waals surface area contributed by atoms with Crippen molar-refractivity contribution in [1.82, 2.24) is 5.32 Å². The van der Waals surface area contributed by atoms with E-state index in [1.165, 1.54) is 7.11 Å². The van der Waals surface area contributed by atoms with Crippen LogP contribution in [-0.4, -0.2) is 36.6 Å². The summed E-state index contributed by atoms with van der Waals surface area (Å²) in [5.74, 6) is -0.794. The van der Waals surface area contributed by atoms with Gasteiger partial charge in [0.1, 0.15) is 24.0 Å². The molecule has 0 unspecified atom stereocenters. The van der Waals surface area contributed by atoms with E-state index < -0.39 is 34.4 Å². The molecule has 0 aliphatic heterocycles. The molecule has 1 fully saturated rings. The molecule has 0 radical (unpaired) electrons. The third kappa shape index (κ3) is 6.74. The minimum Gasteiger partial charge on any atom is -0.489 e. The fraction of sp³-hybridized carbons (Fsp3) is 0.516. The number of benzene rings is 2. The Morgan fingerprint density at radius 2 is 1.61 bits per heavy atom. The summed E-state index contributed by atoms with van der Waals surface area (Å²) in [6, 6.07) is 16.5. The lowest BCUT2D eigenvalue weighted by molar-refractivity contribution is -0.165. The molecule has 206 valence electrons. The lowest BCUT2D eigenvalue weighted by Gasteiger charge is -2.40. The highest BCUT2D eigenvalue weighted by Gasteiger charge is 2.59. The summed E-state index contributed by atoms with van der Waals surface area (Å²) < 4.78 is 16.5. The molecule has 0 heterocycles. The van der Waals surface area contributed by atoms with Crippen LogP contribution in [0.1, 0.15) is 65.5 Å². The van der Waals surface area contributed by atoms with Crippen molar-refractivity contribution >= 4 is 17.8 Å². The summed E-state index contributed by atoms with van der Waals surface area (Å²) in [4.78, 5) is 39.2. The molecule has 1 amide bonds. The quantitative estimate of drug-likeness (QED) is 0.452. The van der Waals surface area contributed by atoms with E-state index in [0.717, 1.165) is 11.1 Å². The number of carbonyl (C=O) groups excluding carboxylic acids is 3. The molecule has 0 aromatic heterocycles. The summed E-state index contributed by atoms with van der Waals surface area (Å²) in [6.45, 7) is 11.7. The molecule has 1 aliphatic rings. The van der Waals surface area contributed by atoms with Crippen LogP contribution in [0.2, 0.25) is 0 Å². The highest BCUT2D eigenvalue weighted by atomic mass is 16.6. The first-order valence-corrected chi connectivity index (χ1v) is 13.1. The Morgan fingerprint density at radius 3 is 2.18 bits per heavy atom. The number of esters is 2. The van der Waals surface area contributed by atoms with E-state index in [1.54, 1.807) is 0 Å². The van der Waals surface area contributed by atoms with E-state index in [4.69, 9.17) is 14.2 Å². The van der Waals surface area contributed by atoms with Gasteiger partial charge in [0.15, 0.2) is 0 Å². The summed E-state index contributed by atoms with van der Waals surface area (Å²) in [6.07, 6.45) is 1.32. The lowest BCUT2D eigenvalue weighted by Crippen LogP contribution is -2.53. The van der Waals surface area contributed by atoms with E-state index >= 15 is 0 Å². The predicted molar refractivity (Wildman–Crippen MR) is 145 cm³/mol. The minimum atomic E-state index is -0.865. The summed E-state index contributed by atoms with van der Waals surface area (Å²) in [7, 11) is 1.31. The SMILES string of the molecule is COC(=O)[C@H](Cc1ccc(OCc2ccccc2)cc1)NC(=O)[C@]1(C)CC[C@H](C(=O)OC(C)(C)C)C1(C)C. The van der Waals surface area contributed by atoms with E-state index in [2.05, 4.69) is 5.32 Å². The largest absolute Gasteiger partial charge is 0.489 e. The van der Waals surface area contributed by atoms with Crippen molar-refractivity contribution in [3.8, 4) is 5.75 Å². The zero-order valence-corrected chi connectivity index (χ0v) is 23.6. The molecule has 0 spiro atoms. The summed E-state index contributed by atoms with van der Waals surface area (Å²) in [5, 5.41) is 2.93. The third-order valence-corrected chi connectivity index (χ3v) is 7.82. The fourth-order valence-corrected chi connectivity index (χ4v) is 5.04. The molecule has 1 N–H and O–H groups in total. The Kier molecular flexibility index (Phi) is 8.90. The Bertz CT molecular complexity index is 1120. The number of hydrogen-bond acceptors (Lipinski definition) is 6. The molecule has 0 bridgehead atoms. The van der Waals surface area contributed by atoms with Crippen molar-refractivity contribution in [3.05, 3.63) is 65.7 Å². The number of rotatable bonds is 9. The van der Waals surface area contributed by atoms with Crippen molar-refractivity contribution in [2.24, 2.45) is 16.7 Å². The Morgan fingerprint density at radius 1 is 0.974 bits per heavy atom.